The first-order valence-electron chi connectivity index (χ1n) is 8.64. The smallest absolute Gasteiger partial charge is 0.416 e. The zero-order chi connectivity index (χ0) is 20.5. The highest BCUT2D eigenvalue weighted by Gasteiger charge is 2.32. The summed E-state index contributed by atoms with van der Waals surface area (Å²) < 4.78 is 49.1. The molecular formula is C19H18F3NO5. The van der Waals surface area contributed by atoms with Crippen molar-refractivity contribution in [3.63, 3.8) is 0 Å². The predicted octanol–water partition coefficient (Wildman–Crippen LogP) is 3.77. The number of hydrogen-bond acceptors (Lipinski definition) is 4. The van der Waals surface area contributed by atoms with E-state index >= 15 is 0 Å². The number of nitrogens with zero attached hydrogens (tertiary/aromatic N) is 1. The molecule has 1 unspecified atom stereocenters. The fraction of sp³-hybridized carbons (Fsp3) is 0.368. The van der Waals surface area contributed by atoms with Crippen molar-refractivity contribution in [2.75, 3.05) is 19.7 Å². The van der Waals surface area contributed by atoms with Crippen molar-refractivity contribution in [1.82, 2.24) is 4.90 Å². The number of carbonyl (C=O) groups excluding carboxylic acids is 1. The Balaban J connectivity index is 1.76. The third-order valence-corrected chi connectivity index (χ3v) is 4.53. The molecule has 2 aromatic rings. The van der Waals surface area contributed by atoms with E-state index in [0.29, 0.717) is 12.0 Å². The lowest BCUT2D eigenvalue weighted by molar-refractivity contribution is -0.137. The number of furan rings is 1. The Bertz CT molecular complexity index is 873. The van der Waals surface area contributed by atoms with Crippen LogP contribution < -0.4 is 0 Å². The van der Waals surface area contributed by atoms with Gasteiger partial charge in [0.15, 0.2) is 5.76 Å². The molecule has 1 fully saturated rings. The molecule has 0 aliphatic carbocycles. The van der Waals surface area contributed by atoms with Gasteiger partial charge in [-0.05, 0) is 17.7 Å². The zero-order valence-corrected chi connectivity index (χ0v) is 15.0. The molecule has 1 aliphatic heterocycles. The molecule has 150 valence electrons. The van der Waals surface area contributed by atoms with Crippen molar-refractivity contribution >= 4 is 11.9 Å². The van der Waals surface area contributed by atoms with Gasteiger partial charge >= 0.3 is 12.1 Å². The minimum atomic E-state index is -4.42. The number of carboxylic acids is 1. The summed E-state index contributed by atoms with van der Waals surface area (Å²) in [4.78, 5) is 25.4. The molecule has 28 heavy (non-hydrogen) atoms. The highest BCUT2D eigenvalue weighted by Crippen LogP contribution is 2.31. The summed E-state index contributed by atoms with van der Waals surface area (Å²) in [6.07, 6.45) is -4.68. The number of hydrogen-bond donors (Lipinski definition) is 1. The van der Waals surface area contributed by atoms with Crippen molar-refractivity contribution in [2.45, 2.75) is 25.6 Å². The first kappa shape index (κ1) is 19.9. The second-order valence-electron chi connectivity index (χ2n) is 6.34. The minimum Gasteiger partial charge on any atom is -0.478 e. The molecule has 1 saturated heterocycles. The molecule has 0 radical (unpaired) electrons. The van der Waals surface area contributed by atoms with Gasteiger partial charge in [-0.3, -0.25) is 4.79 Å². The summed E-state index contributed by atoms with van der Waals surface area (Å²) in [6.45, 7) is 2.30. The molecule has 9 heteroatoms. The van der Waals surface area contributed by atoms with E-state index in [2.05, 4.69) is 0 Å². The van der Waals surface area contributed by atoms with Crippen molar-refractivity contribution in [2.24, 2.45) is 0 Å². The third-order valence-electron chi connectivity index (χ3n) is 4.53. The highest BCUT2D eigenvalue weighted by atomic mass is 19.4. The molecule has 1 atom stereocenters. The van der Waals surface area contributed by atoms with Crippen molar-refractivity contribution in [1.29, 1.82) is 0 Å². The van der Waals surface area contributed by atoms with E-state index in [0.717, 1.165) is 12.1 Å². The second kappa shape index (κ2) is 7.67. The maximum Gasteiger partial charge on any atom is 0.416 e. The molecular weight excluding hydrogens is 379 g/mol. The van der Waals surface area contributed by atoms with E-state index in [1.54, 1.807) is 6.92 Å². The number of benzene rings is 1. The number of morpholine rings is 1. The Morgan fingerprint density at radius 2 is 1.93 bits per heavy atom. The van der Waals surface area contributed by atoms with Gasteiger partial charge in [0, 0.05) is 19.0 Å². The fourth-order valence-corrected chi connectivity index (χ4v) is 3.06. The molecule has 1 aromatic heterocycles. The van der Waals surface area contributed by atoms with E-state index in [4.69, 9.17) is 9.15 Å². The van der Waals surface area contributed by atoms with Gasteiger partial charge in [0.05, 0.1) is 18.7 Å². The fourth-order valence-electron chi connectivity index (χ4n) is 3.06. The molecule has 1 amide bonds. The van der Waals surface area contributed by atoms with E-state index in [1.807, 2.05) is 0 Å². The van der Waals surface area contributed by atoms with Gasteiger partial charge in [0.2, 0.25) is 0 Å². The number of halogens is 3. The van der Waals surface area contributed by atoms with Gasteiger partial charge in [-0.25, -0.2) is 4.79 Å². The third kappa shape index (κ3) is 4.04. The Morgan fingerprint density at radius 1 is 1.25 bits per heavy atom. The lowest BCUT2D eigenvalue weighted by Crippen LogP contribution is -2.42. The summed E-state index contributed by atoms with van der Waals surface area (Å²) in [7, 11) is 0. The SMILES string of the molecule is CCc1oc(C(=O)N2CCOC(c3ccc(C(F)(F)F)cc3)C2)cc1C(=O)O. The Hall–Kier alpha value is -2.81. The molecule has 1 N–H and O–H groups in total. The number of amides is 1. The van der Waals surface area contributed by atoms with E-state index in [9.17, 15) is 27.9 Å². The van der Waals surface area contributed by atoms with Crippen LogP contribution in [0, 0.1) is 0 Å². The largest absolute Gasteiger partial charge is 0.478 e. The van der Waals surface area contributed by atoms with Crippen LogP contribution in [0.4, 0.5) is 13.2 Å². The van der Waals surface area contributed by atoms with Gasteiger partial charge in [-0.15, -0.1) is 0 Å². The van der Waals surface area contributed by atoms with Gasteiger partial charge < -0.3 is 19.2 Å². The lowest BCUT2D eigenvalue weighted by atomic mass is 10.0. The van der Waals surface area contributed by atoms with Crippen LogP contribution in [-0.4, -0.2) is 41.6 Å². The number of aromatic carboxylic acids is 1. The maximum absolute atomic E-state index is 12.7. The summed E-state index contributed by atoms with van der Waals surface area (Å²) >= 11 is 0. The van der Waals surface area contributed by atoms with Crippen molar-refractivity contribution in [3.8, 4) is 0 Å². The summed E-state index contributed by atoms with van der Waals surface area (Å²) in [5.41, 5.74) is -0.298. The van der Waals surface area contributed by atoms with Crippen LogP contribution in [0.2, 0.25) is 0 Å². The number of ether oxygens (including phenoxy) is 1. The van der Waals surface area contributed by atoms with Crippen LogP contribution in [-0.2, 0) is 17.3 Å². The van der Waals surface area contributed by atoms with E-state index < -0.39 is 29.7 Å². The van der Waals surface area contributed by atoms with Gasteiger partial charge in [0.1, 0.15) is 17.4 Å². The van der Waals surface area contributed by atoms with Crippen LogP contribution in [0.25, 0.3) is 0 Å². The molecule has 2 heterocycles. The highest BCUT2D eigenvalue weighted by molar-refractivity contribution is 5.96. The summed E-state index contributed by atoms with van der Waals surface area (Å²) in [5.74, 6) is -1.53. The van der Waals surface area contributed by atoms with Crippen LogP contribution in [0.1, 0.15) is 50.8 Å². The molecule has 6 nitrogen and oxygen atoms in total. The van der Waals surface area contributed by atoms with Gasteiger partial charge in [0.25, 0.3) is 5.91 Å². The van der Waals surface area contributed by atoms with Crippen LogP contribution in [0.15, 0.2) is 34.7 Å². The molecule has 1 aromatic carbocycles. The van der Waals surface area contributed by atoms with E-state index in [1.165, 1.54) is 23.1 Å². The first-order chi connectivity index (χ1) is 13.2. The average molecular weight is 397 g/mol. The van der Waals surface area contributed by atoms with Crippen LogP contribution in [0.3, 0.4) is 0 Å². The average Bonchev–Trinajstić information content (AvgIpc) is 3.12. The molecule has 0 saturated carbocycles. The number of rotatable bonds is 4. The maximum atomic E-state index is 12.7. The standard InChI is InChI=1S/C19H18F3NO5/c1-2-14-13(18(25)26)9-15(28-14)17(24)23-7-8-27-16(10-23)11-3-5-12(6-4-11)19(20,21)22/h3-6,9,16H,2,7-8,10H2,1H3,(H,25,26). The Kier molecular flexibility index (Phi) is 5.46. The molecule has 1 aliphatic rings. The summed E-state index contributed by atoms with van der Waals surface area (Å²) in [6, 6.07) is 5.79. The number of aryl methyl sites for hydroxylation is 1. The lowest BCUT2D eigenvalue weighted by Gasteiger charge is -2.32. The van der Waals surface area contributed by atoms with Gasteiger partial charge in [-0.2, -0.15) is 13.2 Å². The normalized spacial score (nSPS) is 17.6. The second-order valence-corrected chi connectivity index (χ2v) is 6.34. The number of alkyl halides is 3. The summed E-state index contributed by atoms with van der Waals surface area (Å²) in [5, 5.41) is 9.19. The predicted molar refractivity (Wildman–Crippen MR) is 91.1 cm³/mol. The van der Waals surface area contributed by atoms with Crippen LogP contribution in [0.5, 0.6) is 0 Å². The van der Waals surface area contributed by atoms with Crippen molar-refractivity contribution < 1.29 is 37.0 Å². The first-order valence-corrected chi connectivity index (χ1v) is 8.64. The molecule has 0 spiro atoms. The van der Waals surface area contributed by atoms with Crippen LogP contribution >= 0.6 is 0 Å². The zero-order valence-electron chi connectivity index (χ0n) is 15.0. The monoisotopic (exact) mass is 397 g/mol. The van der Waals surface area contributed by atoms with E-state index in [-0.39, 0.29) is 36.8 Å². The number of carbonyl (C=O) groups is 2. The molecule has 3 rings (SSSR count). The Morgan fingerprint density at radius 3 is 2.46 bits per heavy atom. The number of carboxylic acid groups (broad SMARTS) is 1. The molecule has 0 bridgehead atoms. The van der Waals surface area contributed by atoms with Crippen molar-refractivity contribution in [3.05, 3.63) is 58.5 Å². The minimum absolute atomic E-state index is 0.0570. The quantitative estimate of drug-likeness (QED) is 0.850. The topological polar surface area (TPSA) is 80.0 Å². The van der Waals surface area contributed by atoms with Gasteiger partial charge in [-0.1, -0.05) is 19.1 Å². The Labute approximate surface area is 158 Å².